The number of halogens is 1. The van der Waals surface area contributed by atoms with E-state index in [-0.39, 0.29) is 35.2 Å². The predicted molar refractivity (Wildman–Crippen MR) is 79.7 cm³/mol. The maximum atomic E-state index is 14.3. The average Bonchev–Trinajstić information content (AvgIpc) is 2.54. The third-order valence-electron chi connectivity index (χ3n) is 3.14. The van der Waals surface area contributed by atoms with Crippen LogP contribution in [0, 0.1) is 5.82 Å². The summed E-state index contributed by atoms with van der Waals surface area (Å²) in [5.74, 6) is -0.800. The van der Waals surface area contributed by atoms with Crippen molar-refractivity contribution in [1.82, 2.24) is 15.0 Å². The molecule has 0 bridgehead atoms. The number of aromatic hydroxyl groups is 1. The SMILES string of the molecule is COCOc1cccc(-c2nc3[nH]c(=O)ncc3cc2F)c1O. The summed E-state index contributed by atoms with van der Waals surface area (Å²) in [6.45, 7) is -0.0658. The highest BCUT2D eigenvalue weighted by Gasteiger charge is 2.16. The molecule has 1 aromatic carbocycles. The minimum atomic E-state index is -0.662. The molecule has 2 heterocycles. The summed E-state index contributed by atoms with van der Waals surface area (Å²) in [6.07, 6.45) is 1.23. The number of phenolic OH excluding ortho intramolecular Hbond substituents is 1. The molecule has 0 amide bonds. The van der Waals surface area contributed by atoms with Crippen LogP contribution in [0.4, 0.5) is 4.39 Å². The molecule has 0 atom stereocenters. The number of methoxy groups -OCH3 is 1. The number of fused-ring (bicyclic) bond motifs is 1. The number of hydrogen-bond acceptors (Lipinski definition) is 6. The molecule has 0 saturated carbocycles. The molecule has 118 valence electrons. The molecule has 2 aromatic heterocycles. The Morgan fingerprint density at radius 1 is 1.39 bits per heavy atom. The second kappa shape index (κ2) is 6.01. The number of nitrogens with one attached hydrogen (secondary N) is 1. The summed E-state index contributed by atoms with van der Waals surface area (Å²) in [4.78, 5) is 21.3. The van der Waals surface area contributed by atoms with Crippen molar-refractivity contribution in [3.8, 4) is 22.8 Å². The van der Waals surface area contributed by atoms with Gasteiger partial charge in [-0.3, -0.25) is 4.98 Å². The number of nitrogens with zero attached hydrogens (tertiary/aromatic N) is 2. The van der Waals surface area contributed by atoms with E-state index in [1.165, 1.54) is 31.5 Å². The molecule has 0 radical (unpaired) electrons. The van der Waals surface area contributed by atoms with Crippen LogP contribution >= 0.6 is 0 Å². The fourth-order valence-corrected chi connectivity index (χ4v) is 2.10. The van der Waals surface area contributed by atoms with Crippen molar-refractivity contribution in [2.75, 3.05) is 13.9 Å². The van der Waals surface area contributed by atoms with Gasteiger partial charge in [0.2, 0.25) is 0 Å². The minimum Gasteiger partial charge on any atom is -0.504 e. The summed E-state index contributed by atoms with van der Waals surface area (Å²) in [5.41, 5.74) is -0.400. The molecule has 0 aliphatic carbocycles. The van der Waals surface area contributed by atoms with Crippen molar-refractivity contribution in [2.24, 2.45) is 0 Å². The molecule has 0 aliphatic rings. The number of aromatic amines is 1. The molecule has 0 fully saturated rings. The number of hydrogen-bond donors (Lipinski definition) is 2. The lowest BCUT2D eigenvalue weighted by Crippen LogP contribution is -2.10. The van der Waals surface area contributed by atoms with Gasteiger partial charge in [-0.2, -0.15) is 0 Å². The van der Waals surface area contributed by atoms with Crippen LogP contribution < -0.4 is 10.4 Å². The zero-order chi connectivity index (χ0) is 16.4. The number of ether oxygens (including phenoxy) is 2. The van der Waals surface area contributed by atoms with E-state index in [1.807, 2.05) is 0 Å². The smallest absolute Gasteiger partial charge is 0.346 e. The lowest BCUT2D eigenvalue weighted by molar-refractivity contribution is 0.0492. The van der Waals surface area contributed by atoms with Gasteiger partial charge in [-0.15, -0.1) is 0 Å². The van der Waals surface area contributed by atoms with Crippen molar-refractivity contribution < 1.29 is 19.0 Å². The number of rotatable bonds is 4. The predicted octanol–water partition coefficient (Wildman–Crippen LogP) is 1.81. The van der Waals surface area contributed by atoms with Crippen LogP contribution in [0.5, 0.6) is 11.5 Å². The van der Waals surface area contributed by atoms with Crippen molar-refractivity contribution in [3.05, 3.63) is 46.8 Å². The Hall–Kier alpha value is -3.00. The molecule has 2 N–H and O–H groups in total. The fraction of sp³-hybridized carbons (Fsp3) is 0.133. The third-order valence-corrected chi connectivity index (χ3v) is 3.14. The van der Waals surface area contributed by atoms with E-state index in [0.29, 0.717) is 5.39 Å². The van der Waals surface area contributed by atoms with Crippen LogP contribution in [0.2, 0.25) is 0 Å². The van der Waals surface area contributed by atoms with Gasteiger partial charge in [-0.05, 0) is 18.2 Å². The molecule has 23 heavy (non-hydrogen) atoms. The van der Waals surface area contributed by atoms with Gasteiger partial charge in [0.1, 0.15) is 17.2 Å². The summed E-state index contributed by atoms with van der Waals surface area (Å²) in [7, 11) is 1.44. The Bertz CT molecular complexity index is 926. The first-order valence-electron chi connectivity index (χ1n) is 6.60. The van der Waals surface area contributed by atoms with Gasteiger partial charge in [-0.1, -0.05) is 6.07 Å². The summed E-state index contributed by atoms with van der Waals surface area (Å²) >= 11 is 0. The number of pyridine rings is 1. The Morgan fingerprint density at radius 3 is 3.00 bits per heavy atom. The molecule has 8 heteroatoms. The minimum absolute atomic E-state index is 0.0658. The molecule has 3 aromatic rings. The van der Waals surface area contributed by atoms with E-state index in [2.05, 4.69) is 15.0 Å². The molecule has 0 saturated heterocycles. The van der Waals surface area contributed by atoms with E-state index in [1.54, 1.807) is 6.07 Å². The largest absolute Gasteiger partial charge is 0.504 e. The Balaban J connectivity index is 2.16. The van der Waals surface area contributed by atoms with Crippen molar-refractivity contribution in [3.63, 3.8) is 0 Å². The first-order chi connectivity index (χ1) is 11.1. The highest BCUT2D eigenvalue weighted by Crippen LogP contribution is 2.37. The zero-order valence-electron chi connectivity index (χ0n) is 12.0. The Labute approximate surface area is 129 Å². The highest BCUT2D eigenvalue weighted by atomic mass is 19.1. The van der Waals surface area contributed by atoms with Crippen LogP contribution in [0.3, 0.4) is 0 Å². The Morgan fingerprint density at radius 2 is 2.22 bits per heavy atom. The van der Waals surface area contributed by atoms with Crippen LogP contribution in [0.1, 0.15) is 0 Å². The second-order valence-corrected chi connectivity index (χ2v) is 4.65. The van der Waals surface area contributed by atoms with Gasteiger partial charge in [0.05, 0.1) is 0 Å². The third kappa shape index (κ3) is 2.84. The van der Waals surface area contributed by atoms with Gasteiger partial charge in [0, 0.05) is 24.3 Å². The van der Waals surface area contributed by atoms with Crippen molar-refractivity contribution in [1.29, 1.82) is 0 Å². The summed E-state index contributed by atoms with van der Waals surface area (Å²) in [6, 6.07) is 5.78. The molecule has 0 spiro atoms. The number of para-hydroxylation sites is 1. The number of aromatic nitrogens is 3. The molecular weight excluding hydrogens is 305 g/mol. The standard InChI is InChI=1S/C15H12FN3O4/c1-22-7-23-11-4-2-3-9(13(11)20)12-10(16)5-8-6-17-15(21)19-14(8)18-12/h2-6,20H,7H2,1H3,(H,17,18,19,21). The highest BCUT2D eigenvalue weighted by molar-refractivity contribution is 5.80. The van der Waals surface area contributed by atoms with E-state index in [0.717, 1.165) is 0 Å². The first-order valence-corrected chi connectivity index (χ1v) is 6.60. The monoisotopic (exact) mass is 317 g/mol. The first kappa shape index (κ1) is 14.9. The lowest BCUT2D eigenvalue weighted by Gasteiger charge is -2.11. The summed E-state index contributed by atoms with van der Waals surface area (Å²) < 4.78 is 24.3. The fourth-order valence-electron chi connectivity index (χ4n) is 2.10. The van der Waals surface area contributed by atoms with Gasteiger partial charge < -0.3 is 14.6 Å². The molecule has 0 unspecified atom stereocenters. The van der Waals surface area contributed by atoms with Gasteiger partial charge in [0.25, 0.3) is 0 Å². The summed E-state index contributed by atoms with van der Waals surface area (Å²) in [5, 5.41) is 10.6. The van der Waals surface area contributed by atoms with E-state index < -0.39 is 11.5 Å². The molecule has 0 aliphatic heterocycles. The average molecular weight is 317 g/mol. The number of benzene rings is 1. The maximum absolute atomic E-state index is 14.3. The van der Waals surface area contributed by atoms with Crippen molar-refractivity contribution in [2.45, 2.75) is 0 Å². The van der Waals surface area contributed by atoms with Crippen LogP contribution in [-0.2, 0) is 4.74 Å². The number of phenols is 1. The second-order valence-electron chi connectivity index (χ2n) is 4.65. The Kier molecular flexibility index (Phi) is 3.90. The quantitative estimate of drug-likeness (QED) is 0.712. The van der Waals surface area contributed by atoms with Crippen molar-refractivity contribution >= 4 is 11.0 Å². The normalized spacial score (nSPS) is 10.9. The number of H-pyrrole nitrogens is 1. The van der Waals surface area contributed by atoms with Gasteiger partial charge in [-0.25, -0.2) is 19.2 Å². The van der Waals surface area contributed by atoms with Crippen LogP contribution in [0.15, 0.2) is 35.3 Å². The maximum Gasteiger partial charge on any atom is 0.346 e. The topological polar surface area (TPSA) is 97.3 Å². The molecular formula is C15H12FN3O4. The molecule has 7 nitrogen and oxygen atoms in total. The zero-order valence-corrected chi connectivity index (χ0v) is 12.0. The van der Waals surface area contributed by atoms with Crippen LogP contribution in [-0.4, -0.2) is 34.0 Å². The van der Waals surface area contributed by atoms with Gasteiger partial charge >= 0.3 is 5.69 Å². The molecule has 3 rings (SSSR count). The van der Waals surface area contributed by atoms with Gasteiger partial charge in [0.15, 0.2) is 18.3 Å². The van der Waals surface area contributed by atoms with E-state index >= 15 is 0 Å². The van der Waals surface area contributed by atoms with E-state index in [9.17, 15) is 14.3 Å². The van der Waals surface area contributed by atoms with E-state index in [4.69, 9.17) is 9.47 Å². The lowest BCUT2D eigenvalue weighted by atomic mass is 10.1. The van der Waals surface area contributed by atoms with Crippen LogP contribution in [0.25, 0.3) is 22.3 Å².